The fourth-order valence-corrected chi connectivity index (χ4v) is 0.0315. The number of rotatable bonds is 0. The van der Waals surface area contributed by atoms with Gasteiger partial charge in [-0.1, -0.05) is 0 Å². The average Bonchev–Trinajstić information content (AvgIpc) is 1.91. The maximum absolute atomic E-state index is 10.4. The van der Waals surface area contributed by atoms with Crippen molar-refractivity contribution in [3.63, 3.8) is 0 Å². The van der Waals surface area contributed by atoms with Gasteiger partial charge >= 0.3 is 6.16 Å². The van der Waals surface area contributed by atoms with E-state index in [0.29, 0.717) is 0 Å². The molecule has 3 nitrogen and oxygen atoms in total. The molecular weight excluding hydrogens is 115 g/mol. The summed E-state index contributed by atoms with van der Waals surface area (Å²) in [5.41, 5.74) is 0. The van der Waals surface area contributed by atoms with Crippen LogP contribution >= 0.6 is 0 Å². The summed E-state index contributed by atoms with van der Waals surface area (Å²) in [5.74, 6) is 0. The topological polar surface area (TPSA) is 35.5 Å². The minimum Gasteiger partial charge on any atom is -0.435 e. The standard InChI is InChI=1S/C2H3FO3.C2H4/c1-5-2(4)6-3;1-2/h1H3;1-2H2. The average molecular weight is 122 g/mol. The summed E-state index contributed by atoms with van der Waals surface area (Å²) in [6.07, 6.45) is -1.32. The molecule has 0 amide bonds. The molecule has 0 aliphatic heterocycles. The van der Waals surface area contributed by atoms with Crippen molar-refractivity contribution < 1.29 is 19.0 Å². The van der Waals surface area contributed by atoms with Crippen LogP contribution in [-0.2, 0) is 9.68 Å². The van der Waals surface area contributed by atoms with Gasteiger partial charge in [0.1, 0.15) is 0 Å². The van der Waals surface area contributed by atoms with E-state index >= 15 is 0 Å². The SMILES string of the molecule is C=C.COC(=O)OF. The van der Waals surface area contributed by atoms with Gasteiger partial charge in [0, 0.05) is 4.53 Å². The highest BCUT2D eigenvalue weighted by Gasteiger charge is 1.94. The highest BCUT2D eigenvalue weighted by Crippen LogP contribution is 1.77. The molecule has 0 aliphatic carbocycles. The zero-order valence-corrected chi connectivity index (χ0v) is 4.52. The van der Waals surface area contributed by atoms with Gasteiger partial charge in [0.15, 0.2) is 0 Å². The Morgan fingerprint density at radius 2 is 2.00 bits per heavy atom. The molecule has 0 rings (SSSR count). The van der Waals surface area contributed by atoms with Gasteiger partial charge in [-0.25, -0.2) is 9.74 Å². The lowest BCUT2D eigenvalue weighted by Gasteiger charge is -1.83. The maximum atomic E-state index is 10.4. The van der Waals surface area contributed by atoms with E-state index in [9.17, 15) is 9.32 Å². The van der Waals surface area contributed by atoms with Gasteiger partial charge < -0.3 is 4.74 Å². The molecule has 0 spiro atoms. The molecule has 0 heterocycles. The highest BCUT2D eigenvalue weighted by molar-refractivity contribution is 5.58. The molecular formula is C4H7FO3. The smallest absolute Gasteiger partial charge is 0.435 e. The molecule has 0 aromatic rings. The monoisotopic (exact) mass is 122 g/mol. The number of halogens is 1. The van der Waals surface area contributed by atoms with Crippen LogP contribution in [0, 0.1) is 0 Å². The van der Waals surface area contributed by atoms with Crippen molar-refractivity contribution in [3.05, 3.63) is 13.2 Å². The summed E-state index contributed by atoms with van der Waals surface area (Å²) >= 11 is 0. The van der Waals surface area contributed by atoms with Crippen LogP contribution in [0.2, 0.25) is 0 Å². The molecule has 0 aromatic carbocycles. The summed E-state index contributed by atoms with van der Waals surface area (Å²) < 4.78 is 14.1. The van der Waals surface area contributed by atoms with Crippen LogP contribution in [0.1, 0.15) is 0 Å². The van der Waals surface area contributed by atoms with Crippen LogP contribution in [0.3, 0.4) is 0 Å². The van der Waals surface area contributed by atoms with Crippen LogP contribution in [0.25, 0.3) is 0 Å². The fourth-order valence-electron chi connectivity index (χ4n) is 0.0315. The normalized spacial score (nSPS) is 5.75. The molecule has 0 atom stereocenters. The first kappa shape index (κ1) is 10.0. The van der Waals surface area contributed by atoms with Crippen molar-refractivity contribution in [2.45, 2.75) is 0 Å². The Morgan fingerprint density at radius 3 is 2.00 bits per heavy atom. The third-order valence-electron chi connectivity index (χ3n) is 0.230. The fraction of sp³-hybridized carbons (Fsp3) is 0.250. The molecule has 0 fully saturated rings. The second-order valence-electron chi connectivity index (χ2n) is 0.531. The molecule has 48 valence electrons. The molecule has 0 unspecified atom stereocenters. The largest absolute Gasteiger partial charge is 0.544 e. The van der Waals surface area contributed by atoms with Gasteiger partial charge in [-0.15, -0.1) is 13.2 Å². The highest BCUT2D eigenvalue weighted by atomic mass is 19.3. The molecule has 4 heteroatoms. The molecule has 0 radical (unpaired) electrons. The van der Waals surface area contributed by atoms with Crippen LogP contribution < -0.4 is 0 Å². The number of ether oxygens (including phenoxy) is 1. The minimum absolute atomic E-state index is 1.02. The van der Waals surface area contributed by atoms with E-state index in [0.717, 1.165) is 7.11 Å². The summed E-state index contributed by atoms with van der Waals surface area (Å²) in [6, 6.07) is 0. The van der Waals surface area contributed by atoms with Crippen molar-refractivity contribution in [1.82, 2.24) is 0 Å². The number of hydrogen-bond donors (Lipinski definition) is 0. The van der Waals surface area contributed by atoms with Gasteiger partial charge in [0.05, 0.1) is 7.11 Å². The third kappa shape index (κ3) is 8.87. The minimum atomic E-state index is -1.32. The molecule has 0 saturated carbocycles. The Hall–Kier alpha value is -1.06. The Labute approximate surface area is 46.6 Å². The summed E-state index contributed by atoms with van der Waals surface area (Å²) in [5, 5.41) is 0. The van der Waals surface area contributed by atoms with E-state index in [1.165, 1.54) is 0 Å². The summed E-state index contributed by atoms with van der Waals surface area (Å²) in [7, 11) is 1.02. The van der Waals surface area contributed by atoms with Crippen molar-refractivity contribution in [2.24, 2.45) is 0 Å². The second-order valence-corrected chi connectivity index (χ2v) is 0.531. The Morgan fingerprint density at radius 1 is 1.62 bits per heavy atom. The van der Waals surface area contributed by atoms with E-state index in [1.54, 1.807) is 0 Å². The third-order valence-corrected chi connectivity index (χ3v) is 0.230. The van der Waals surface area contributed by atoms with Crippen LogP contribution in [0.4, 0.5) is 9.32 Å². The lowest BCUT2D eigenvalue weighted by Crippen LogP contribution is -1.94. The Bertz CT molecular complexity index is 58.3. The van der Waals surface area contributed by atoms with Crippen LogP contribution in [0.15, 0.2) is 13.2 Å². The Balaban J connectivity index is 0. The van der Waals surface area contributed by atoms with E-state index in [2.05, 4.69) is 22.8 Å². The van der Waals surface area contributed by atoms with Gasteiger partial charge in [0.2, 0.25) is 0 Å². The lowest BCUT2D eigenvalue weighted by atomic mass is 11.3. The number of carbonyl (C=O) groups is 1. The van der Waals surface area contributed by atoms with Gasteiger partial charge in [-0.3, -0.25) is 0 Å². The van der Waals surface area contributed by atoms with Crippen molar-refractivity contribution in [3.8, 4) is 0 Å². The predicted octanol–water partition coefficient (Wildman–Crippen LogP) is 1.46. The van der Waals surface area contributed by atoms with E-state index < -0.39 is 6.16 Å². The van der Waals surface area contributed by atoms with Crippen molar-refractivity contribution in [1.29, 1.82) is 0 Å². The molecule has 0 N–H and O–H groups in total. The first-order chi connectivity index (χ1) is 3.81. The number of hydrogen-bond acceptors (Lipinski definition) is 3. The quantitative estimate of drug-likeness (QED) is 0.360. The van der Waals surface area contributed by atoms with Crippen molar-refractivity contribution in [2.75, 3.05) is 7.11 Å². The van der Waals surface area contributed by atoms with E-state index in [-0.39, 0.29) is 0 Å². The van der Waals surface area contributed by atoms with Gasteiger partial charge in [-0.05, 0) is 0 Å². The number of methoxy groups -OCH3 is 1. The van der Waals surface area contributed by atoms with Crippen molar-refractivity contribution >= 4 is 6.16 Å². The van der Waals surface area contributed by atoms with Gasteiger partial charge in [0.25, 0.3) is 0 Å². The first-order valence-corrected chi connectivity index (χ1v) is 1.67. The van der Waals surface area contributed by atoms with E-state index in [1.807, 2.05) is 0 Å². The molecule has 0 aliphatic rings. The molecule has 8 heavy (non-hydrogen) atoms. The lowest BCUT2D eigenvalue weighted by molar-refractivity contribution is -0.0947. The maximum Gasteiger partial charge on any atom is 0.544 e. The molecule has 0 saturated heterocycles. The zero-order chi connectivity index (χ0) is 6.99. The summed E-state index contributed by atoms with van der Waals surface area (Å²) in [6.45, 7) is 6.00. The summed E-state index contributed by atoms with van der Waals surface area (Å²) in [4.78, 5) is 11.9. The first-order valence-electron chi connectivity index (χ1n) is 1.67. The molecule has 0 bridgehead atoms. The number of carbonyl (C=O) groups excluding carboxylic acids is 1. The second kappa shape index (κ2) is 9.34. The Kier molecular flexibility index (Phi) is 11.7. The molecule has 0 aromatic heterocycles. The van der Waals surface area contributed by atoms with E-state index in [4.69, 9.17) is 0 Å². The zero-order valence-electron chi connectivity index (χ0n) is 4.52. The van der Waals surface area contributed by atoms with Crippen LogP contribution in [-0.4, -0.2) is 13.3 Å². The van der Waals surface area contributed by atoms with Gasteiger partial charge in [-0.2, -0.15) is 0 Å². The van der Waals surface area contributed by atoms with Crippen LogP contribution in [0.5, 0.6) is 0 Å². The predicted molar refractivity (Wildman–Crippen MR) is 25.9 cm³/mol.